The van der Waals surface area contributed by atoms with Crippen molar-refractivity contribution in [2.24, 2.45) is 5.92 Å². The lowest BCUT2D eigenvalue weighted by atomic mass is 9.89. The number of nitrogens with zero attached hydrogens (tertiary/aromatic N) is 1. The van der Waals surface area contributed by atoms with Crippen LogP contribution in [0, 0.1) is 5.92 Å². The Labute approximate surface area is 114 Å². The summed E-state index contributed by atoms with van der Waals surface area (Å²) in [6, 6.07) is 1.85. The summed E-state index contributed by atoms with van der Waals surface area (Å²) in [5, 5.41) is 3.65. The van der Waals surface area contributed by atoms with Crippen molar-refractivity contribution in [1.82, 2.24) is 10.2 Å². The van der Waals surface area contributed by atoms with Crippen LogP contribution in [-0.4, -0.2) is 47.0 Å². The van der Waals surface area contributed by atoms with E-state index in [1.807, 2.05) is 11.8 Å². The zero-order valence-electron chi connectivity index (χ0n) is 11.2. The number of rotatable bonds is 2. The molecule has 3 fully saturated rings. The van der Waals surface area contributed by atoms with Crippen LogP contribution in [0.5, 0.6) is 0 Å². The highest BCUT2D eigenvalue weighted by atomic mass is 32.2. The largest absolute Gasteiger partial charge is 0.338 e. The number of amides is 1. The van der Waals surface area contributed by atoms with Gasteiger partial charge in [-0.15, -0.1) is 0 Å². The molecule has 0 aliphatic carbocycles. The molecule has 3 saturated heterocycles. The van der Waals surface area contributed by atoms with Gasteiger partial charge in [0.15, 0.2) is 0 Å². The number of carbonyl (C=O) groups is 1. The molecule has 3 heterocycles. The normalized spacial score (nSPS) is 39.9. The van der Waals surface area contributed by atoms with Gasteiger partial charge in [0, 0.05) is 42.6 Å². The van der Waals surface area contributed by atoms with Crippen molar-refractivity contribution >= 4 is 17.7 Å². The molecule has 0 aromatic rings. The predicted octanol–water partition coefficient (Wildman–Crippen LogP) is 1.87. The van der Waals surface area contributed by atoms with Gasteiger partial charge in [-0.3, -0.25) is 4.79 Å². The molecular formula is C14H24N2OS. The molecule has 102 valence electrons. The van der Waals surface area contributed by atoms with Crippen LogP contribution in [0.1, 0.15) is 39.0 Å². The van der Waals surface area contributed by atoms with Crippen LogP contribution in [0.15, 0.2) is 0 Å². The third kappa shape index (κ3) is 2.69. The number of thioether (sulfide) groups is 1. The fraction of sp³-hybridized carbons (Fsp3) is 0.929. The van der Waals surface area contributed by atoms with E-state index in [2.05, 4.69) is 17.1 Å². The Morgan fingerprint density at radius 3 is 2.72 bits per heavy atom. The molecule has 1 N–H and O–H groups in total. The molecule has 3 rings (SSSR count). The van der Waals surface area contributed by atoms with Crippen LogP contribution in [0.25, 0.3) is 0 Å². The van der Waals surface area contributed by atoms with E-state index < -0.39 is 0 Å². The first-order valence-electron chi connectivity index (χ1n) is 7.35. The van der Waals surface area contributed by atoms with E-state index in [1.165, 1.54) is 25.7 Å². The van der Waals surface area contributed by atoms with E-state index >= 15 is 0 Å². The van der Waals surface area contributed by atoms with Gasteiger partial charge in [0.1, 0.15) is 0 Å². The summed E-state index contributed by atoms with van der Waals surface area (Å²) in [4.78, 5) is 14.5. The summed E-state index contributed by atoms with van der Waals surface area (Å²) in [7, 11) is 0. The van der Waals surface area contributed by atoms with Gasteiger partial charge >= 0.3 is 0 Å². The standard InChI is InChI=1S/C14H24N2OS/c1-10-9-18-5-4-16(10)14(17)8-11-6-12-2-3-13(7-11)15-12/h10-13,15H,2-9H2,1H3. The maximum Gasteiger partial charge on any atom is 0.223 e. The van der Waals surface area contributed by atoms with E-state index in [0.29, 0.717) is 30.0 Å². The molecule has 0 aromatic carbocycles. The number of nitrogens with one attached hydrogen (secondary N) is 1. The molecular weight excluding hydrogens is 244 g/mol. The number of carbonyl (C=O) groups excluding carboxylic acids is 1. The van der Waals surface area contributed by atoms with Gasteiger partial charge in [-0.05, 0) is 38.5 Å². The molecule has 4 heteroatoms. The smallest absolute Gasteiger partial charge is 0.223 e. The van der Waals surface area contributed by atoms with E-state index in [-0.39, 0.29) is 0 Å². The van der Waals surface area contributed by atoms with Crippen LogP contribution in [0.4, 0.5) is 0 Å². The molecule has 3 unspecified atom stereocenters. The molecule has 1 amide bonds. The number of hydrogen-bond acceptors (Lipinski definition) is 3. The summed E-state index contributed by atoms with van der Waals surface area (Å²) >= 11 is 1.98. The Hall–Kier alpha value is -0.220. The quantitative estimate of drug-likeness (QED) is 0.830. The van der Waals surface area contributed by atoms with Crippen LogP contribution in [-0.2, 0) is 4.79 Å². The lowest BCUT2D eigenvalue weighted by molar-refractivity contribution is -0.134. The summed E-state index contributed by atoms with van der Waals surface area (Å²) < 4.78 is 0. The second-order valence-electron chi connectivity index (χ2n) is 6.19. The van der Waals surface area contributed by atoms with Gasteiger partial charge in [0.25, 0.3) is 0 Å². The van der Waals surface area contributed by atoms with Crippen LogP contribution < -0.4 is 5.32 Å². The highest BCUT2D eigenvalue weighted by Crippen LogP contribution is 2.33. The second-order valence-corrected chi connectivity index (χ2v) is 7.34. The Morgan fingerprint density at radius 2 is 2.06 bits per heavy atom. The van der Waals surface area contributed by atoms with E-state index in [4.69, 9.17) is 0 Å². The number of piperidine rings is 1. The van der Waals surface area contributed by atoms with Crippen molar-refractivity contribution in [3.8, 4) is 0 Å². The second kappa shape index (κ2) is 5.41. The molecule has 0 radical (unpaired) electrons. The zero-order chi connectivity index (χ0) is 12.5. The van der Waals surface area contributed by atoms with Crippen molar-refractivity contribution in [3.05, 3.63) is 0 Å². The highest BCUT2D eigenvalue weighted by Gasteiger charge is 2.35. The Morgan fingerprint density at radius 1 is 1.33 bits per heavy atom. The van der Waals surface area contributed by atoms with Crippen molar-refractivity contribution in [2.45, 2.75) is 57.2 Å². The SMILES string of the molecule is CC1CSCCN1C(=O)CC1CC2CCC(C1)N2. The Kier molecular flexibility index (Phi) is 3.85. The fourth-order valence-corrected chi connectivity index (χ4v) is 4.82. The average molecular weight is 268 g/mol. The fourth-order valence-electron chi connectivity index (χ4n) is 3.80. The summed E-state index contributed by atoms with van der Waals surface area (Å²) in [6.45, 7) is 3.15. The van der Waals surface area contributed by atoms with E-state index in [1.54, 1.807) is 0 Å². The third-order valence-electron chi connectivity index (χ3n) is 4.72. The lowest BCUT2D eigenvalue weighted by Crippen LogP contribution is -2.46. The Balaban J connectivity index is 1.54. The first-order valence-corrected chi connectivity index (χ1v) is 8.51. The van der Waals surface area contributed by atoms with Crippen molar-refractivity contribution in [2.75, 3.05) is 18.1 Å². The molecule has 0 saturated carbocycles. The Bertz CT molecular complexity index is 311. The predicted molar refractivity (Wildman–Crippen MR) is 75.8 cm³/mol. The molecule has 3 nitrogen and oxygen atoms in total. The summed E-state index contributed by atoms with van der Waals surface area (Å²) in [5.41, 5.74) is 0. The molecule has 0 aromatic heterocycles. The summed E-state index contributed by atoms with van der Waals surface area (Å²) in [5.74, 6) is 3.28. The van der Waals surface area contributed by atoms with E-state index in [0.717, 1.165) is 24.5 Å². The van der Waals surface area contributed by atoms with Crippen LogP contribution >= 0.6 is 11.8 Å². The van der Waals surface area contributed by atoms with Crippen LogP contribution in [0.3, 0.4) is 0 Å². The maximum absolute atomic E-state index is 12.4. The minimum absolute atomic E-state index is 0.411. The van der Waals surface area contributed by atoms with Crippen molar-refractivity contribution in [3.63, 3.8) is 0 Å². The van der Waals surface area contributed by atoms with Gasteiger partial charge < -0.3 is 10.2 Å². The van der Waals surface area contributed by atoms with Gasteiger partial charge in [-0.1, -0.05) is 0 Å². The zero-order valence-corrected chi connectivity index (χ0v) is 12.0. The minimum Gasteiger partial charge on any atom is -0.338 e. The molecule has 18 heavy (non-hydrogen) atoms. The first kappa shape index (κ1) is 12.8. The molecule has 3 aliphatic rings. The number of hydrogen-bond donors (Lipinski definition) is 1. The molecule has 3 aliphatic heterocycles. The molecule has 0 spiro atoms. The first-order chi connectivity index (χ1) is 8.72. The van der Waals surface area contributed by atoms with Crippen molar-refractivity contribution < 1.29 is 4.79 Å². The minimum atomic E-state index is 0.411. The average Bonchev–Trinajstić information content (AvgIpc) is 2.69. The highest BCUT2D eigenvalue weighted by molar-refractivity contribution is 7.99. The van der Waals surface area contributed by atoms with Gasteiger partial charge in [0.2, 0.25) is 5.91 Å². The van der Waals surface area contributed by atoms with Crippen molar-refractivity contribution in [1.29, 1.82) is 0 Å². The maximum atomic E-state index is 12.4. The number of fused-ring (bicyclic) bond motifs is 2. The lowest BCUT2D eigenvalue weighted by Gasteiger charge is -2.35. The van der Waals surface area contributed by atoms with Gasteiger partial charge in [-0.2, -0.15) is 11.8 Å². The molecule has 3 atom stereocenters. The topological polar surface area (TPSA) is 32.3 Å². The molecule has 2 bridgehead atoms. The van der Waals surface area contributed by atoms with E-state index in [9.17, 15) is 4.79 Å². The van der Waals surface area contributed by atoms with Gasteiger partial charge in [-0.25, -0.2) is 0 Å². The monoisotopic (exact) mass is 268 g/mol. The van der Waals surface area contributed by atoms with Crippen LogP contribution in [0.2, 0.25) is 0 Å². The summed E-state index contributed by atoms with van der Waals surface area (Å²) in [6.07, 6.45) is 5.89. The third-order valence-corrected chi connectivity index (χ3v) is 5.91. The van der Waals surface area contributed by atoms with Gasteiger partial charge in [0.05, 0.1) is 0 Å².